The Balaban J connectivity index is 2.05. The SMILES string of the molecule is O=C(O)[C@@H]1Cc2ccccc2N1C(=O)c1cncc(Br)c1. The standard InChI is InChI=1S/C15H11BrN2O3/c16-11-5-10(7-17-8-11)14(19)18-12-4-2-1-3-9(12)6-13(18)15(20)21/h1-5,7-8,13H,6H2,(H,20,21)/t13-/m0/s1. The summed E-state index contributed by atoms with van der Waals surface area (Å²) in [7, 11) is 0. The molecular weight excluding hydrogens is 336 g/mol. The number of para-hydroxylation sites is 1. The van der Waals surface area contributed by atoms with E-state index in [1.165, 1.54) is 11.1 Å². The fourth-order valence-electron chi connectivity index (χ4n) is 2.50. The van der Waals surface area contributed by atoms with E-state index < -0.39 is 12.0 Å². The zero-order valence-electron chi connectivity index (χ0n) is 10.9. The van der Waals surface area contributed by atoms with Gasteiger partial charge in [0.25, 0.3) is 5.91 Å². The van der Waals surface area contributed by atoms with E-state index in [2.05, 4.69) is 20.9 Å². The van der Waals surface area contributed by atoms with Crippen LogP contribution in [0, 0.1) is 0 Å². The van der Waals surface area contributed by atoms with Gasteiger partial charge in [-0.2, -0.15) is 0 Å². The number of aromatic nitrogens is 1. The lowest BCUT2D eigenvalue weighted by Gasteiger charge is -2.22. The number of rotatable bonds is 2. The molecule has 2 heterocycles. The molecule has 0 radical (unpaired) electrons. The van der Waals surface area contributed by atoms with Crippen LogP contribution in [0.2, 0.25) is 0 Å². The minimum absolute atomic E-state index is 0.318. The van der Waals surface area contributed by atoms with E-state index in [0.29, 0.717) is 22.1 Å². The van der Waals surface area contributed by atoms with Crippen molar-refractivity contribution in [3.8, 4) is 0 Å². The van der Waals surface area contributed by atoms with Gasteiger partial charge >= 0.3 is 5.97 Å². The first kappa shape index (κ1) is 13.8. The minimum atomic E-state index is -1.01. The number of carboxylic acids is 1. The van der Waals surface area contributed by atoms with Gasteiger partial charge in [-0.25, -0.2) is 4.79 Å². The van der Waals surface area contributed by atoms with E-state index in [4.69, 9.17) is 0 Å². The fraction of sp³-hybridized carbons (Fsp3) is 0.133. The summed E-state index contributed by atoms with van der Waals surface area (Å²) < 4.78 is 0.674. The van der Waals surface area contributed by atoms with Gasteiger partial charge in [-0.15, -0.1) is 0 Å². The first-order valence-corrected chi connectivity index (χ1v) is 7.12. The van der Waals surface area contributed by atoms with Crippen molar-refractivity contribution in [2.75, 3.05) is 4.90 Å². The van der Waals surface area contributed by atoms with Crippen molar-refractivity contribution in [1.29, 1.82) is 0 Å². The zero-order valence-corrected chi connectivity index (χ0v) is 12.4. The molecule has 6 heteroatoms. The largest absolute Gasteiger partial charge is 0.480 e. The highest BCUT2D eigenvalue weighted by Gasteiger charge is 2.38. The predicted octanol–water partition coefficient (Wildman–Crippen LogP) is 2.50. The summed E-state index contributed by atoms with van der Waals surface area (Å²) in [5.74, 6) is -1.37. The number of amides is 1. The molecule has 0 spiro atoms. The van der Waals surface area contributed by atoms with Crippen LogP contribution in [0.4, 0.5) is 5.69 Å². The zero-order chi connectivity index (χ0) is 15.0. The van der Waals surface area contributed by atoms with Gasteiger partial charge in [0.1, 0.15) is 6.04 Å². The molecule has 0 unspecified atom stereocenters. The average Bonchev–Trinajstić information content (AvgIpc) is 2.86. The lowest BCUT2D eigenvalue weighted by atomic mass is 10.1. The molecule has 3 rings (SSSR count). The Kier molecular flexibility index (Phi) is 3.47. The molecule has 1 aliphatic heterocycles. The van der Waals surface area contributed by atoms with Crippen molar-refractivity contribution in [2.45, 2.75) is 12.5 Å². The van der Waals surface area contributed by atoms with Crippen molar-refractivity contribution >= 4 is 33.5 Å². The number of fused-ring (bicyclic) bond motifs is 1. The number of hydrogen-bond donors (Lipinski definition) is 1. The summed E-state index contributed by atoms with van der Waals surface area (Å²) in [5.41, 5.74) is 1.86. The van der Waals surface area contributed by atoms with E-state index in [-0.39, 0.29) is 5.91 Å². The first-order valence-electron chi connectivity index (χ1n) is 6.33. The summed E-state index contributed by atoms with van der Waals surface area (Å²) in [5, 5.41) is 9.39. The maximum absolute atomic E-state index is 12.7. The van der Waals surface area contributed by atoms with Crippen molar-refractivity contribution < 1.29 is 14.7 Å². The molecular formula is C15H11BrN2O3. The van der Waals surface area contributed by atoms with Crippen molar-refractivity contribution in [1.82, 2.24) is 4.98 Å². The van der Waals surface area contributed by atoms with Crippen LogP contribution in [0.15, 0.2) is 47.2 Å². The quantitative estimate of drug-likeness (QED) is 0.906. The summed E-state index contributed by atoms with van der Waals surface area (Å²) in [6.45, 7) is 0. The number of nitrogens with zero attached hydrogens (tertiary/aromatic N) is 2. The maximum Gasteiger partial charge on any atom is 0.327 e. The molecule has 1 amide bonds. The molecule has 1 aromatic heterocycles. The van der Waals surface area contributed by atoms with Crippen LogP contribution in [0.3, 0.4) is 0 Å². The summed E-state index contributed by atoms with van der Waals surface area (Å²) >= 11 is 3.27. The number of anilines is 1. The van der Waals surface area contributed by atoms with E-state index in [0.717, 1.165) is 5.56 Å². The van der Waals surface area contributed by atoms with Gasteiger partial charge in [0, 0.05) is 29.0 Å². The molecule has 1 atom stereocenters. The smallest absolute Gasteiger partial charge is 0.327 e. The van der Waals surface area contributed by atoms with Gasteiger partial charge < -0.3 is 5.11 Å². The lowest BCUT2D eigenvalue weighted by molar-refractivity contribution is -0.138. The highest BCUT2D eigenvalue weighted by molar-refractivity contribution is 9.10. The van der Waals surface area contributed by atoms with Crippen LogP contribution in [0.25, 0.3) is 0 Å². The average molecular weight is 347 g/mol. The number of pyridine rings is 1. The topological polar surface area (TPSA) is 70.5 Å². The lowest BCUT2D eigenvalue weighted by Crippen LogP contribution is -2.42. The van der Waals surface area contributed by atoms with Crippen LogP contribution in [0.5, 0.6) is 0 Å². The summed E-state index contributed by atoms with van der Waals surface area (Å²) in [6.07, 6.45) is 3.33. The van der Waals surface area contributed by atoms with Crippen LogP contribution >= 0.6 is 15.9 Å². The monoisotopic (exact) mass is 346 g/mol. The molecule has 2 aromatic rings. The molecule has 0 fully saturated rings. The molecule has 0 saturated carbocycles. The number of hydrogen-bond acceptors (Lipinski definition) is 3. The fourth-order valence-corrected chi connectivity index (χ4v) is 2.87. The van der Waals surface area contributed by atoms with E-state index >= 15 is 0 Å². The number of halogens is 1. The number of carboxylic acid groups (broad SMARTS) is 1. The van der Waals surface area contributed by atoms with E-state index in [1.54, 1.807) is 24.4 Å². The third-order valence-electron chi connectivity index (χ3n) is 3.43. The van der Waals surface area contributed by atoms with E-state index in [9.17, 15) is 14.7 Å². The summed E-state index contributed by atoms with van der Waals surface area (Å²) in [4.78, 5) is 29.4. The molecule has 5 nitrogen and oxygen atoms in total. The van der Waals surface area contributed by atoms with E-state index in [1.807, 2.05) is 12.1 Å². The molecule has 106 valence electrons. The second-order valence-electron chi connectivity index (χ2n) is 4.75. The molecule has 0 saturated heterocycles. The molecule has 1 aliphatic rings. The Morgan fingerprint density at radius 3 is 2.76 bits per heavy atom. The Labute approximate surface area is 129 Å². The van der Waals surface area contributed by atoms with Crippen LogP contribution < -0.4 is 4.90 Å². The number of benzene rings is 1. The van der Waals surface area contributed by atoms with Crippen LogP contribution in [0.1, 0.15) is 15.9 Å². The van der Waals surface area contributed by atoms with Crippen molar-refractivity contribution in [3.63, 3.8) is 0 Å². The maximum atomic E-state index is 12.7. The normalized spacial score (nSPS) is 16.6. The van der Waals surface area contributed by atoms with Crippen LogP contribution in [-0.2, 0) is 11.2 Å². The summed E-state index contributed by atoms with van der Waals surface area (Å²) in [6, 6.07) is 8.00. The minimum Gasteiger partial charge on any atom is -0.480 e. The van der Waals surface area contributed by atoms with Gasteiger partial charge in [-0.1, -0.05) is 18.2 Å². The second kappa shape index (κ2) is 5.29. The predicted molar refractivity (Wildman–Crippen MR) is 80.3 cm³/mol. The third-order valence-corrected chi connectivity index (χ3v) is 3.87. The number of carbonyl (C=O) groups is 2. The van der Waals surface area contributed by atoms with Crippen LogP contribution in [-0.4, -0.2) is 28.0 Å². The Bertz CT molecular complexity index is 732. The van der Waals surface area contributed by atoms with Crippen molar-refractivity contribution in [3.05, 3.63) is 58.3 Å². The Morgan fingerprint density at radius 1 is 1.29 bits per heavy atom. The first-order chi connectivity index (χ1) is 10.1. The molecule has 1 aromatic carbocycles. The van der Waals surface area contributed by atoms with Gasteiger partial charge in [-0.3, -0.25) is 14.7 Å². The highest BCUT2D eigenvalue weighted by atomic mass is 79.9. The highest BCUT2D eigenvalue weighted by Crippen LogP contribution is 2.33. The van der Waals surface area contributed by atoms with Gasteiger partial charge in [0.15, 0.2) is 0 Å². The molecule has 0 bridgehead atoms. The molecule has 1 N–H and O–H groups in total. The molecule has 21 heavy (non-hydrogen) atoms. The number of aliphatic carboxylic acids is 1. The number of carbonyl (C=O) groups excluding carboxylic acids is 1. The Hall–Kier alpha value is -2.21. The third kappa shape index (κ3) is 2.42. The van der Waals surface area contributed by atoms with Gasteiger partial charge in [0.05, 0.1) is 5.56 Å². The Morgan fingerprint density at radius 2 is 2.05 bits per heavy atom. The van der Waals surface area contributed by atoms with Gasteiger partial charge in [0.2, 0.25) is 0 Å². The van der Waals surface area contributed by atoms with Gasteiger partial charge in [-0.05, 0) is 33.6 Å². The molecule has 0 aliphatic carbocycles. The van der Waals surface area contributed by atoms with Crippen molar-refractivity contribution in [2.24, 2.45) is 0 Å². The second-order valence-corrected chi connectivity index (χ2v) is 5.67.